The van der Waals surface area contributed by atoms with E-state index in [0.29, 0.717) is 13.2 Å². The number of hydrogen-bond acceptors (Lipinski definition) is 8. The fourth-order valence-corrected chi connectivity index (χ4v) is 14.8. The third kappa shape index (κ3) is 39.3. The Labute approximate surface area is 376 Å². The number of ether oxygens (including phenoxy) is 2. The molecule has 0 aliphatic carbocycles. The number of esters is 1. The number of rotatable bonds is 48. The van der Waals surface area contributed by atoms with Gasteiger partial charge >= 0.3 is 23.1 Å². The highest BCUT2D eigenvalue weighted by Gasteiger charge is 2.38. The highest BCUT2D eigenvalue weighted by molar-refractivity contribution is 6.78. The predicted octanol–water partition coefficient (Wildman–Crippen LogP) is 14.8. The zero-order valence-corrected chi connectivity index (χ0v) is 43.6. The van der Waals surface area contributed by atoms with Gasteiger partial charge < -0.3 is 32.4 Å². The van der Waals surface area contributed by atoms with E-state index < -0.39 is 17.1 Å². The molecule has 0 radical (unpaired) electrons. The topological polar surface area (TPSA) is 86.7 Å². The number of unbranched alkanes of at least 4 members (excludes halogenated alkanes) is 22. The number of hydrogen-bond donors (Lipinski definition) is 1. The van der Waals surface area contributed by atoms with Gasteiger partial charge in [-0.1, -0.05) is 163 Å². The molecule has 10 heteroatoms. The highest BCUT2D eigenvalue weighted by Crippen LogP contribution is 2.23. The molecular formula is C50H105NO7Si2. The number of aliphatic hydroxyl groups excluding tert-OH is 1. The second kappa shape index (κ2) is 42.6. The Balaban J connectivity index is 4.67. The van der Waals surface area contributed by atoms with E-state index in [-0.39, 0.29) is 24.8 Å². The van der Waals surface area contributed by atoms with Crippen molar-refractivity contribution in [2.45, 2.75) is 266 Å². The molecule has 0 heterocycles. The second-order valence-electron chi connectivity index (χ2n) is 18.8. The molecule has 60 heavy (non-hydrogen) atoms. The number of carbonyl (C=O) groups is 1. The summed E-state index contributed by atoms with van der Waals surface area (Å²) in [6.45, 7) is 23.1. The molecule has 0 saturated carbocycles. The van der Waals surface area contributed by atoms with Crippen LogP contribution in [0.3, 0.4) is 0 Å². The van der Waals surface area contributed by atoms with Crippen LogP contribution in [0.4, 0.5) is 0 Å². The van der Waals surface area contributed by atoms with Crippen molar-refractivity contribution < 1.29 is 32.3 Å². The molecule has 0 aromatic heterocycles. The molecule has 0 amide bonds. The lowest BCUT2D eigenvalue weighted by molar-refractivity contribution is -0.149. The van der Waals surface area contributed by atoms with Gasteiger partial charge in [0.25, 0.3) is 0 Å². The average molecular weight is 889 g/mol. The van der Waals surface area contributed by atoms with Crippen LogP contribution in [0.15, 0.2) is 0 Å². The van der Waals surface area contributed by atoms with Crippen LogP contribution in [0, 0.1) is 5.92 Å². The molecule has 2 unspecified atom stereocenters. The van der Waals surface area contributed by atoms with Gasteiger partial charge in [-0.25, -0.2) is 0 Å². The van der Waals surface area contributed by atoms with Crippen LogP contribution in [0.2, 0.25) is 26.2 Å². The lowest BCUT2D eigenvalue weighted by Crippen LogP contribution is -2.50. The maximum absolute atomic E-state index is 13.0. The van der Waals surface area contributed by atoms with Crippen LogP contribution in [-0.4, -0.2) is 85.4 Å². The minimum atomic E-state index is -2.47. The minimum Gasteiger partial charge on any atom is -0.465 e. The number of carbonyl (C=O) groups excluding carboxylic acids is 1. The van der Waals surface area contributed by atoms with Crippen molar-refractivity contribution in [1.29, 1.82) is 0 Å². The second-order valence-corrected chi connectivity index (χ2v) is 25.7. The first-order valence-corrected chi connectivity index (χ1v) is 31.8. The first-order valence-electron chi connectivity index (χ1n) is 26.2. The molecule has 0 aromatic rings. The Morgan fingerprint density at radius 2 is 0.900 bits per heavy atom. The summed E-state index contributed by atoms with van der Waals surface area (Å²) in [6.07, 6.45) is 37.3. The quantitative estimate of drug-likeness (QED) is 0.0280. The Bertz CT molecular complexity index is 912. The maximum atomic E-state index is 13.0. The molecular weight excluding hydrogens is 783 g/mol. The van der Waals surface area contributed by atoms with Gasteiger partial charge in [-0.15, -0.1) is 0 Å². The average Bonchev–Trinajstić information content (AvgIpc) is 3.20. The number of aliphatic hydroxyl groups is 1. The van der Waals surface area contributed by atoms with E-state index in [0.717, 1.165) is 123 Å². The van der Waals surface area contributed by atoms with Gasteiger partial charge in [0.05, 0.1) is 12.5 Å². The Morgan fingerprint density at radius 3 is 1.45 bits per heavy atom. The molecule has 2 atom stereocenters. The summed E-state index contributed by atoms with van der Waals surface area (Å²) in [5.41, 5.74) is 0. The molecule has 0 spiro atoms. The SMILES string of the molecule is CCCCCCCCOC(CCCCCCC)O[Si](C)(C)O[Si](C)(C)OCCCCN(CCCCO)CCCCCCOC(=O)C(CCCCCC)CCCCCCCC. The molecule has 0 fully saturated rings. The first-order chi connectivity index (χ1) is 29.0. The molecule has 0 rings (SSSR count). The third-order valence-corrected chi connectivity index (χ3v) is 17.4. The molecule has 0 aliphatic heterocycles. The summed E-state index contributed by atoms with van der Waals surface area (Å²) in [7, 11) is -4.84. The molecule has 0 aliphatic rings. The van der Waals surface area contributed by atoms with Crippen LogP contribution >= 0.6 is 0 Å². The summed E-state index contributed by atoms with van der Waals surface area (Å²) in [5.74, 6) is 0.137. The van der Waals surface area contributed by atoms with Crippen molar-refractivity contribution in [2.24, 2.45) is 5.92 Å². The van der Waals surface area contributed by atoms with Gasteiger partial charge in [-0.2, -0.15) is 0 Å². The molecule has 360 valence electrons. The van der Waals surface area contributed by atoms with E-state index in [2.05, 4.69) is 58.8 Å². The molecule has 0 aromatic carbocycles. The first kappa shape index (κ1) is 59.7. The van der Waals surface area contributed by atoms with E-state index in [1.807, 2.05) is 0 Å². The summed E-state index contributed by atoms with van der Waals surface area (Å²) in [6, 6.07) is 0. The largest absolute Gasteiger partial charge is 0.465 e. The molecule has 8 nitrogen and oxygen atoms in total. The lowest BCUT2D eigenvalue weighted by atomic mass is 9.94. The molecule has 0 bridgehead atoms. The Kier molecular flexibility index (Phi) is 42.4. The van der Waals surface area contributed by atoms with E-state index in [1.165, 1.54) is 109 Å². The summed E-state index contributed by atoms with van der Waals surface area (Å²) in [5, 5.41) is 9.40. The summed E-state index contributed by atoms with van der Waals surface area (Å²) in [4.78, 5) is 15.6. The summed E-state index contributed by atoms with van der Waals surface area (Å²) < 4.78 is 32.1. The highest BCUT2D eigenvalue weighted by atomic mass is 28.5. The monoisotopic (exact) mass is 888 g/mol. The predicted molar refractivity (Wildman–Crippen MR) is 261 cm³/mol. The normalized spacial score (nSPS) is 13.4. The van der Waals surface area contributed by atoms with E-state index in [4.69, 9.17) is 22.4 Å². The maximum Gasteiger partial charge on any atom is 0.324 e. The van der Waals surface area contributed by atoms with E-state index >= 15 is 0 Å². The Hall–Kier alpha value is -0.336. The van der Waals surface area contributed by atoms with Crippen molar-refractivity contribution >= 4 is 23.1 Å². The van der Waals surface area contributed by atoms with Crippen molar-refractivity contribution in [3.8, 4) is 0 Å². The van der Waals surface area contributed by atoms with Gasteiger partial charge in [0.15, 0.2) is 0 Å². The van der Waals surface area contributed by atoms with Crippen LogP contribution in [0.5, 0.6) is 0 Å². The lowest BCUT2D eigenvalue weighted by Gasteiger charge is -2.35. The fraction of sp³-hybridized carbons (Fsp3) is 0.980. The van der Waals surface area contributed by atoms with Gasteiger partial charge in [-0.3, -0.25) is 4.79 Å². The van der Waals surface area contributed by atoms with Gasteiger partial charge in [0, 0.05) is 19.8 Å². The fourth-order valence-electron chi connectivity index (χ4n) is 8.14. The minimum absolute atomic E-state index is 0.0525. The van der Waals surface area contributed by atoms with Gasteiger partial charge in [-0.05, 0) is 116 Å². The van der Waals surface area contributed by atoms with Gasteiger partial charge in [0.2, 0.25) is 0 Å². The van der Waals surface area contributed by atoms with E-state index in [1.54, 1.807) is 0 Å². The summed E-state index contributed by atoms with van der Waals surface area (Å²) >= 11 is 0. The van der Waals surface area contributed by atoms with Crippen LogP contribution in [0.25, 0.3) is 0 Å². The number of nitrogens with zero attached hydrogens (tertiary/aromatic N) is 1. The smallest absolute Gasteiger partial charge is 0.324 e. The van der Waals surface area contributed by atoms with Gasteiger partial charge in [0.1, 0.15) is 6.29 Å². The van der Waals surface area contributed by atoms with Crippen molar-refractivity contribution in [2.75, 3.05) is 46.1 Å². The van der Waals surface area contributed by atoms with Crippen molar-refractivity contribution in [1.82, 2.24) is 4.90 Å². The van der Waals surface area contributed by atoms with Crippen molar-refractivity contribution in [3.05, 3.63) is 0 Å². The van der Waals surface area contributed by atoms with Crippen LogP contribution in [0.1, 0.15) is 233 Å². The molecule has 1 N–H and O–H groups in total. The van der Waals surface area contributed by atoms with Crippen LogP contribution < -0.4 is 0 Å². The molecule has 0 saturated heterocycles. The third-order valence-electron chi connectivity index (χ3n) is 11.7. The van der Waals surface area contributed by atoms with Crippen molar-refractivity contribution in [3.63, 3.8) is 0 Å². The van der Waals surface area contributed by atoms with E-state index in [9.17, 15) is 9.90 Å². The standard InChI is InChI=1S/C50H105NO7Si2/c1-9-13-17-21-24-29-39-48(38-28-20-16-12-4)50(53)55-46-36-27-25-31-41-51(42-32-34-44-52)43-33-37-47-56-59(5,6)58-60(7,8)57-49(40-30-23-19-15-11-3)54-45-35-26-22-18-14-10-2/h48-49,52H,9-47H2,1-8H3. The van der Waals surface area contributed by atoms with Crippen LogP contribution in [-0.2, 0) is 27.2 Å². The zero-order chi connectivity index (χ0) is 44.4. The zero-order valence-electron chi connectivity index (χ0n) is 41.6. The Morgan fingerprint density at radius 1 is 0.483 bits per heavy atom.